The predicted molar refractivity (Wildman–Crippen MR) is 88.0 cm³/mol. The number of nitrogens with one attached hydrogen (secondary N) is 1. The molecule has 0 aliphatic carbocycles. The van der Waals surface area contributed by atoms with Gasteiger partial charge in [-0.3, -0.25) is 0 Å². The molecule has 120 valence electrons. The number of aromatic nitrogens is 2. The van der Waals surface area contributed by atoms with Gasteiger partial charge in [-0.15, -0.1) is 0 Å². The number of anilines is 1. The Balaban J connectivity index is 1.66. The van der Waals surface area contributed by atoms with Crippen LogP contribution in [0.1, 0.15) is 18.5 Å². The Hall–Kier alpha value is -2.47. The number of rotatable bonds is 2. The van der Waals surface area contributed by atoms with Crippen LogP contribution < -0.4 is 5.32 Å². The van der Waals surface area contributed by atoms with Crippen molar-refractivity contribution in [1.82, 2.24) is 14.9 Å². The number of hydrogen-bond donors (Lipinski definition) is 2. The molecule has 0 bridgehead atoms. The standard InChI is InChI=1S/C17H20N4O2/c1-12-8-9-18-16(19-12)13-4-6-14(7-5-13)20-17(23)21-10-2-3-15(22)11-21/h4-9,15,22H,2-3,10-11H2,1H3,(H,20,23)/t15-/m0/s1. The summed E-state index contributed by atoms with van der Waals surface area (Å²) in [7, 11) is 0. The SMILES string of the molecule is Cc1ccnc(-c2ccc(NC(=O)N3CCC[C@H](O)C3)cc2)n1. The van der Waals surface area contributed by atoms with Gasteiger partial charge < -0.3 is 15.3 Å². The number of benzene rings is 1. The number of carbonyl (C=O) groups is 1. The molecule has 3 rings (SSSR count). The molecule has 0 spiro atoms. The number of β-amino-alcohol motifs (C(OH)–C–C–N with tert-alkyl or cyclic N) is 1. The van der Waals surface area contributed by atoms with Crippen molar-refractivity contribution in [3.05, 3.63) is 42.2 Å². The van der Waals surface area contributed by atoms with Crippen molar-refractivity contribution in [3.63, 3.8) is 0 Å². The highest BCUT2D eigenvalue weighted by Gasteiger charge is 2.21. The van der Waals surface area contributed by atoms with Gasteiger partial charge in [0.05, 0.1) is 6.10 Å². The Morgan fingerprint density at radius 1 is 1.30 bits per heavy atom. The lowest BCUT2D eigenvalue weighted by atomic mass is 10.1. The lowest BCUT2D eigenvalue weighted by molar-refractivity contribution is 0.0883. The van der Waals surface area contributed by atoms with Gasteiger partial charge in [-0.1, -0.05) is 0 Å². The molecule has 0 radical (unpaired) electrons. The number of aliphatic hydroxyl groups is 1. The Kier molecular flexibility index (Phi) is 4.52. The Labute approximate surface area is 135 Å². The topological polar surface area (TPSA) is 78.4 Å². The van der Waals surface area contributed by atoms with Crippen LogP contribution in [0.3, 0.4) is 0 Å². The zero-order valence-electron chi connectivity index (χ0n) is 13.1. The summed E-state index contributed by atoms with van der Waals surface area (Å²) in [5.74, 6) is 0.669. The summed E-state index contributed by atoms with van der Waals surface area (Å²) in [5.41, 5.74) is 2.53. The van der Waals surface area contributed by atoms with E-state index in [9.17, 15) is 9.90 Å². The summed E-state index contributed by atoms with van der Waals surface area (Å²) in [6.07, 6.45) is 2.90. The number of nitrogens with zero attached hydrogens (tertiary/aromatic N) is 3. The van der Waals surface area contributed by atoms with E-state index in [1.807, 2.05) is 37.3 Å². The summed E-state index contributed by atoms with van der Waals surface area (Å²) >= 11 is 0. The fourth-order valence-electron chi connectivity index (χ4n) is 2.63. The Morgan fingerprint density at radius 3 is 2.78 bits per heavy atom. The molecule has 1 aliphatic rings. The minimum Gasteiger partial charge on any atom is -0.391 e. The first-order chi connectivity index (χ1) is 11.1. The van der Waals surface area contributed by atoms with E-state index in [0.717, 1.165) is 24.1 Å². The second kappa shape index (κ2) is 6.75. The third kappa shape index (κ3) is 3.84. The van der Waals surface area contributed by atoms with E-state index in [4.69, 9.17) is 0 Å². The molecule has 6 nitrogen and oxygen atoms in total. The molecule has 6 heteroatoms. The molecule has 2 heterocycles. The van der Waals surface area contributed by atoms with Crippen LogP contribution in [0.4, 0.5) is 10.5 Å². The van der Waals surface area contributed by atoms with Gasteiger partial charge in [0.2, 0.25) is 0 Å². The number of likely N-dealkylation sites (tertiary alicyclic amines) is 1. The van der Waals surface area contributed by atoms with E-state index in [-0.39, 0.29) is 6.03 Å². The van der Waals surface area contributed by atoms with E-state index < -0.39 is 6.10 Å². The zero-order chi connectivity index (χ0) is 16.2. The van der Waals surface area contributed by atoms with Gasteiger partial charge in [0, 0.05) is 36.2 Å². The molecule has 1 aliphatic heterocycles. The molecule has 2 N–H and O–H groups in total. The van der Waals surface area contributed by atoms with Crippen LogP contribution >= 0.6 is 0 Å². The fourth-order valence-corrected chi connectivity index (χ4v) is 2.63. The number of carbonyl (C=O) groups excluding carboxylic acids is 1. The summed E-state index contributed by atoms with van der Waals surface area (Å²) in [6.45, 7) is 2.99. The maximum atomic E-state index is 12.2. The van der Waals surface area contributed by atoms with Crippen molar-refractivity contribution in [2.45, 2.75) is 25.9 Å². The number of piperidine rings is 1. The normalized spacial score (nSPS) is 17.8. The van der Waals surface area contributed by atoms with E-state index in [1.165, 1.54) is 0 Å². The second-order valence-electron chi connectivity index (χ2n) is 5.77. The summed E-state index contributed by atoms with van der Waals surface area (Å²) < 4.78 is 0. The van der Waals surface area contributed by atoms with Crippen molar-refractivity contribution in [2.75, 3.05) is 18.4 Å². The molecule has 2 aromatic rings. The molecule has 2 amide bonds. The number of aliphatic hydroxyl groups excluding tert-OH is 1. The monoisotopic (exact) mass is 312 g/mol. The molecular weight excluding hydrogens is 292 g/mol. The minimum absolute atomic E-state index is 0.177. The van der Waals surface area contributed by atoms with Gasteiger partial charge in [-0.05, 0) is 50.1 Å². The van der Waals surface area contributed by atoms with E-state index in [0.29, 0.717) is 24.6 Å². The van der Waals surface area contributed by atoms with Crippen LogP contribution in [0, 0.1) is 6.92 Å². The zero-order valence-corrected chi connectivity index (χ0v) is 13.1. The van der Waals surface area contributed by atoms with Crippen LogP contribution in [0.5, 0.6) is 0 Å². The van der Waals surface area contributed by atoms with Crippen LogP contribution in [-0.2, 0) is 0 Å². The summed E-state index contributed by atoms with van der Waals surface area (Å²) in [6, 6.07) is 9.11. The van der Waals surface area contributed by atoms with E-state index >= 15 is 0 Å². The first-order valence-corrected chi connectivity index (χ1v) is 7.76. The van der Waals surface area contributed by atoms with Gasteiger partial charge in [0.25, 0.3) is 0 Å². The predicted octanol–water partition coefficient (Wildman–Crippen LogP) is 2.44. The fraction of sp³-hybridized carbons (Fsp3) is 0.353. The van der Waals surface area contributed by atoms with Crippen molar-refractivity contribution >= 4 is 11.7 Å². The van der Waals surface area contributed by atoms with Crippen molar-refractivity contribution in [1.29, 1.82) is 0 Å². The first kappa shape index (κ1) is 15.4. The number of hydrogen-bond acceptors (Lipinski definition) is 4. The van der Waals surface area contributed by atoms with Crippen molar-refractivity contribution < 1.29 is 9.90 Å². The number of aryl methyl sites for hydroxylation is 1. The average Bonchev–Trinajstić information content (AvgIpc) is 2.55. The maximum absolute atomic E-state index is 12.2. The number of urea groups is 1. The minimum atomic E-state index is -0.421. The number of amides is 2. The quantitative estimate of drug-likeness (QED) is 0.893. The van der Waals surface area contributed by atoms with Gasteiger partial charge in [-0.2, -0.15) is 0 Å². The lowest BCUT2D eigenvalue weighted by Crippen LogP contribution is -2.44. The van der Waals surface area contributed by atoms with Gasteiger partial charge in [-0.25, -0.2) is 14.8 Å². The highest BCUT2D eigenvalue weighted by molar-refractivity contribution is 5.89. The van der Waals surface area contributed by atoms with Gasteiger partial charge in [0.1, 0.15) is 0 Å². The van der Waals surface area contributed by atoms with E-state index in [2.05, 4.69) is 15.3 Å². The first-order valence-electron chi connectivity index (χ1n) is 7.76. The average molecular weight is 312 g/mol. The highest BCUT2D eigenvalue weighted by atomic mass is 16.3. The maximum Gasteiger partial charge on any atom is 0.321 e. The van der Waals surface area contributed by atoms with Crippen molar-refractivity contribution in [2.24, 2.45) is 0 Å². The second-order valence-corrected chi connectivity index (χ2v) is 5.77. The Morgan fingerprint density at radius 2 is 2.09 bits per heavy atom. The molecule has 1 aromatic heterocycles. The third-order valence-electron chi connectivity index (χ3n) is 3.87. The molecule has 1 saturated heterocycles. The molecule has 0 saturated carbocycles. The van der Waals surface area contributed by atoms with Crippen molar-refractivity contribution in [3.8, 4) is 11.4 Å². The molecule has 1 fully saturated rings. The molecular formula is C17H20N4O2. The summed E-state index contributed by atoms with van der Waals surface area (Å²) in [5, 5.41) is 12.5. The van der Waals surface area contributed by atoms with Crippen LogP contribution in [0.2, 0.25) is 0 Å². The van der Waals surface area contributed by atoms with Crippen LogP contribution in [0.25, 0.3) is 11.4 Å². The molecule has 1 atom stereocenters. The summed E-state index contributed by atoms with van der Waals surface area (Å²) in [4.78, 5) is 22.5. The smallest absolute Gasteiger partial charge is 0.321 e. The molecule has 23 heavy (non-hydrogen) atoms. The van der Waals surface area contributed by atoms with Crippen LogP contribution in [-0.4, -0.2) is 45.2 Å². The third-order valence-corrected chi connectivity index (χ3v) is 3.87. The largest absolute Gasteiger partial charge is 0.391 e. The van der Waals surface area contributed by atoms with Crippen LogP contribution in [0.15, 0.2) is 36.5 Å². The lowest BCUT2D eigenvalue weighted by Gasteiger charge is -2.30. The van der Waals surface area contributed by atoms with E-state index in [1.54, 1.807) is 11.1 Å². The van der Waals surface area contributed by atoms with Gasteiger partial charge >= 0.3 is 6.03 Å². The highest BCUT2D eigenvalue weighted by Crippen LogP contribution is 2.19. The Bertz CT molecular complexity index is 687. The van der Waals surface area contributed by atoms with Gasteiger partial charge in [0.15, 0.2) is 5.82 Å². The molecule has 0 unspecified atom stereocenters. The molecule has 1 aromatic carbocycles.